The van der Waals surface area contributed by atoms with Crippen LogP contribution in [-0.4, -0.2) is 57.0 Å². The molecule has 0 unspecified atom stereocenters. The number of piperazine rings is 1. The average molecular weight is 532 g/mol. The third-order valence-corrected chi connectivity index (χ3v) is 8.58. The lowest BCUT2D eigenvalue weighted by atomic mass is 10.0. The Morgan fingerprint density at radius 2 is 1.88 bits per heavy atom. The first-order valence-corrected chi connectivity index (χ1v) is 14.4. The maximum atomic E-state index is 9.90. The highest BCUT2D eigenvalue weighted by molar-refractivity contribution is 5.90. The van der Waals surface area contributed by atoms with Crippen molar-refractivity contribution in [3.8, 4) is 6.07 Å². The lowest BCUT2D eigenvalue weighted by Crippen LogP contribution is -2.49. The van der Waals surface area contributed by atoms with Crippen LogP contribution in [-0.2, 0) is 6.54 Å². The number of hydrogen-bond acceptors (Lipinski definition) is 6. The molecular weight excluding hydrogens is 494 g/mol. The summed E-state index contributed by atoms with van der Waals surface area (Å²) >= 11 is 0. The standard InChI is InChI=1S/C33H37N7/c1-23-29-14-15-35-32(29)13-12-31(23)38-33-25(20-34)21-36-24(2)30(33)11-10-26-6-5-7-27(37-26)22-39-16-18-40(19-17-39)28-8-3-4-9-28/h5-7,10-15,21,28,35H,3-4,8-9,16-19,22H2,1-2H3,(H,36,38)/b11-10+. The molecule has 40 heavy (non-hydrogen) atoms. The van der Waals surface area contributed by atoms with Crippen LogP contribution in [0.2, 0.25) is 0 Å². The van der Waals surface area contributed by atoms with Gasteiger partial charge in [-0.1, -0.05) is 18.9 Å². The summed E-state index contributed by atoms with van der Waals surface area (Å²) in [5.41, 5.74) is 8.21. The summed E-state index contributed by atoms with van der Waals surface area (Å²) in [6.07, 6.45) is 13.2. The van der Waals surface area contributed by atoms with Gasteiger partial charge in [0, 0.05) is 79.0 Å². The molecule has 4 heterocycles. The van der Waals surface area contributed by atoms with E-state index in [1.165, 1.54) is 25.7 Å². The molecule has 1 aromatic carbocycles. The van der Waals surface area contributed by atoms with Gasteiger partial charge in [0.05, 0.1) is 22.6 Å². The maximum absolute atomic E-state index is 9.90. The van der Waals surface area contributed by atoms with Crippen LogP contribution >= 0.6 is 0 Å². The van der Waals surface area contributed by atoms with Crippen LogP contribution in [0.4, 0.5) is 11.4 Å². The Kier molecular flexibility index (Phi) is 7.63. The van der Waals surface area contributed by atoms with E-state index in [0.29, 0.717) is 5.56 Å². The monoisotopic (exact) mass is 531 g/mol. The Balaban J connectivity index is 1.20. The zero-order valence-electron chi connectivity index (χ0n) is 23.5. The molecule has 7 heteroatoms. The van der Waals surface area contributed by atoms with E-state index < -0.39 is 0 Å². The molecule has 0 spiro atoms. The van der Waals surface area contributed by atoms with Gasteiger partial charge in [0.15, 0.2) is 0 Å². The van der Waals surface area contributed by atoms with E-state index in [-0.39, 0.29) is 0 Å². The fraction of sp³-hybridized carbons (Fsp3) is 0.364. The second kappa shape index (κ2) is 11.6. The molecule has 2 aliphatic rings. The molecule has 3 aromatic heterocycles. The molecule has 0 bridgehead atoms. The van der Waals surface area contributed by atoms with Crippen molar-refractivity contribution in [3.63, 3.8) is 0 Å². The largest absolute Gasteiger partial charge is 0.361 e. The normalized spacial score (nSPS) is 17.1. The molecule has 1 saturated carbocycles. The number of rotatable bonds is 7. The molecule has 0 atom stereocenters. The van der Waals surface area contributed by atoms with E-state index in [1.54, 1.807) is 6.20 Å². The van der Waals surface area contributed by atoms with Gasteiger partial charge in [0.25, 0.3) is 0 Å². The van der Waals surface area contributed by atoms with Gasteiger partial charge in [-0.05, 0) is 74.7 Å². The zero-order valence-corrected chi connectivity index (χ0v) is 23.5. The molecule has 0 amide bonds. The molecule has 0 radical (unpaired) electrons. The third kappa shape index (κ3) is 5.51. The second-order valence-electron chi connectivity index (χ2n) is 11.1. The number of anilines is 2. The van der Waals surface area contributed by atoms with Gasteiger partial charge in [0.2, 0.25) is 0 Å². The van der Waals surface area contributed by atoms with Crippen LogP contribution in [0, 0.1) is 25.2 Å². The topological polar surface area (TPSA) is 83.9 Å². The zero-order chi connectivity index (χ0) is 27.5. The van der Waals surface area contributed by atoms with Crippen molar-refractivity contribution < 1.29 is 0 Å². The summed E-state index contributed by atoms with van der Waals surface area (Å²) in [6, 6.07) is 15.6. The van der Waals surface area contributed by atoms with Crippen LogP contribution in [0.3, 0.4) is 0 Å². The highest BCUT2D eigenvalue weighted by Gasteiger charge is 2.26. The van der Waals surface area contributed by atoms with Crippen molar-refractivity contribution in [1.82, 2.24) is 24.8 Å². The summed E-state index contributed by atoms with van der Waals surface area (Å²) in [7, 11) is 0. The van der Waals surface area contributed by atoms with Crippen molar-refractivity contribution in [2.45, 2.75) is 52.1 Å². The minimum Gasteiger partial charge on any atom is -0.361 e. The smallest absolute Gasteiger partial charge is 0.103 e. The molecule has 2 fully saturated rings. The van der Waals surface area contributed by atoms with Gasteiger partial charge in [-0.15, -0.1) is 0 Å². The van der Waals surface area contributed by atoms with Crippen LogP contribution in [0.15, 0.2) is 48.8 Å². The minimum absolute atomic E-state index is 0.511. The number of pyridine rings is 2. The lowest BCUT2D eigenvalue weighted by Gasteiger charge is -2.37. The Morgan fingerprint density at radius 3 is 2.67 bits per heavy atom. The highest BCUT2D eigenvalue weighted by Crippen LogP contribution is 2.32. The third-order valence-electron chi connectivity index (χ3n) is 8.58. The number of benzene rings is 1. The summed E-state index contributed by atoms with van der Waals surface area (Å²) in [5.74, 6) is 0. The predicted molar refractivity (Wildman–Crippen MR) is 162 cm³/mol. The average Bonchev–Trinajstić information content (AvgIpc) is 3.68. The predicted octanol–water partition coefficient (Wildman–Crippen LogP) is 6.42. The number of nitrogens with one attached hydrogen (secondary N) is 2. The van der Waals surface area contributed by atoms with Crippen molar-refractivity contribution >= 4 is 34.4 Å². The Labute approximate surface area is 236 Å². The summed E-state index contributed by atoms with van der Waals surface area (Å²) < 4.78 is 0. The van der Waals surface area contributed by atoms with Crippen LogP contribution in [0.25, 0.3) is 23.1 Å². The molecular formula is C33H37N7. The molecule has 204 valence electrons. The first-order valence-electron chi connectivity index (χ1n) is 14.4. The lowest BCUT2D eigenvalue weighted by molar-refractivity contribution is 0.0929. The number of hydrogen-bond donors (Lipinski definition) is 2. The number of nitriles is 1. The number of nitrogens with zero attached hydrogens (tertiary/aromatic N) is 5. The first-order chi connectivity index (χ1) is 19.6. The Morgan fingerprint density at radius 1 is 1.05 bits per heavy atom. The first kappa shape index (κ1) is 26.2. The van der Waals surface area contributed by atoms with Crippen molar-refractivity contribution in [3.05, 3.63) is 82.6 Å². The SMILES string of the molecule is Cc1ncc(C#N)c(Nc2ccc3[nH]ccc3c2C)c1/C=C/c1cccc(CN2CCN(C3CCCC3)CC2)n1. The summed E-state index contributed by atoms with van der Waals surface area (Å²) in [5, 5.41) is 14.6. The van der Waals surface area contributed by atoms with Crippen LogP contribution in [0.1, 0.15) is 59.5 Å². The maximum Gasteiger partial charge on any atom is 0.103 e. The van der Waals surface area contributed by atoms with E-state index in [4.69, 9.17) is 4.98 Å². The van der Waals surface area contributed by atoms with E-state index in [9.17, 15) is 5.26 Å². The molecule has 2 N–H and O–H groups in total. The van der Waals surface area contributed by atoms with Gasteiger partial charge in [-0.3, -0.25) is 19.8 Å². The Hall–Kier alpha value is -3.99. The highest BCUT2D eigenvalue weighted by atomic mass is 15.3. The van der Waals surface area contributed by atoms with Gasteiger partial charge >= 0.3 is 0 Å². The fourth-order valence-corrected chi connectivity index (χ4v) is 6.23. The number of H-pyrrole nitrogens is 1. The Bertz CT molecular complexity index is 1560. The number of aromatic amines is 1. The minimum atomic E-state index is 0.511. The van der Waals surface area contributed by atoms with Crippen LogP contribution < -0.4 is 5.32 Å². The quantitative estimate of drug-likeness (QED) is 0.286. The molecule has 1 saturated heterocycles. The van der Waals surface area contributed by atoms with E-state index in [2.05, 4.69) is 68.4 Å². The van der Waals surface area contributed by atoms with Gasteiger partial charge < -0.3 is 10.3 Å². The molecule has 1 aliphatic heterocycles. The fourth-order valence-electron chi connectivity index (χ4n) is 6.23. The van der Waals surface area contributed by atoms with Crippen molar-refractivity contribution in [2.24, 2.45) is 0 Å². The van der Waals surface area contributed by atoms with E-state index >= 15 is 0 Å². The number of aromatic nitrogens is 3. The van der Waals surface area contributed by atoms with E-state index in [1.807, 2.05) is 31.3 Å². The van der Waals surface area contributed by atoms with Crippen molar-refractivity contribution in [1.29, 1.82) is 5.26 Å². The van der Waals surface area contributed by atoms with Gasteiger partial charge in [0.1, 0.15) is 6.07 Å². The van der Waals surface area contributed by atoms with Gasteiger partial charge in [-0.2, -0.15) is 5.26 Å². The molecule has 6 rings (SSSR count). The second-order valence-corrected chi connectivity index (χ2v) is 11.1. The summed E-state index contributed by atoms with van der Waals surface area (Å²) in [4.78, 5) is 18.0. The van der Waals surface area contributed by atoms with Crippen LogP contribution in [0.5, 0.6) is 0 Å². The molecule has 7 nitrogen and oxygen atoms in total. The van der Waals surface area contributed by atoms with Gasteiger partial charge in [-0.25, -0.2) is 0 Å². The molecule has 4 aromatic rings. The summed E-state index contributed by atoms with van der Waals surface area (Å²) in [6.45, 7) is 9.48. The number of aryl methyl sites for hydroxylation is 2. The number of fused-ring (bicyclic) bond motifs is 1. The van der Waals surface area contributed by atoms with E-state index in [0.717, 1.165) is 89.3 Å². The molecule has 1 aliphatic carbocycles. The van der Waals surface area contributed by atoms with Crippen molar-refractivity contribution in [2.75, 3.05) is 31.5 Å².